The van der Waals surface area contributed by atoms with E-state index in [1.165, 1.54) is 0 Å². The number of likely N-dealkylation sites (tertiary alicyclic amines) is 1. The van der Waals surface area contributed by atoms with E-state index in [1.807, 2.05) is 12.1 Å². The minimum absolute atomic E-state index is 0.0134. The first kappa shape index (κ1) is 19.4. The average Bonchev–Trinajstić information content (AvgIpc) is 3.15. The van der Waals surface area contributed by atoms with Gasteiger partial charge in [-0.2, -0.15) is 0 Å². The maximum absolute atomic E-state index is 11.8. The molecule has 1 N–H and O–H groups in total. The van der Waals surface area contributed by atoms with Gasteiger partial charge in [-0.1, -0.05) is 0 Å². The highest BCUT2D eigenvalue weighted by atomic mass is 16.5. The van der Waals surface area contributed by atoms with Gasteiger partial charge in [-0.3, -0.25) is 9.69 Å². The van der Waals surface area contributed by atoms with Crippen LogP contribution in [0.2, 0.25) is 0 Å². The Kier molecular flexibility index (Phi) is 7.07. The van der Waals surface area contributed by atoms with Crippen LogP contribution in [0.3, 0.4) is 0 Å². The highest BCUT2D eigenvalue weighted by Crippen LogP contribution is 2.18. The fourth-order valence-corrected chi connectivity index (χ4v) is 3.56. The molecule has 0 radical (unpaired) electrons. The van der Waals surface area contributed by atoms with Crippen LogP contribution in [0.4, 0.5) is 0 Å². The molecule has 1 aromatic heterocycles. The molecule has 0 aromatic carbocycles. The van der Waals surface area contributed by atoms with E-state index in [0.717, 1.165) is 51.3 Å². The summed E-state index contributed by atoms with van der Waals surface area (Å²) in [4.78, 5) is 15.8. The minimum Gasteiger partial charge on any atom is -0.468 e. The zero-order chi connectivity index (χ0) is 18.4. The van der Waals surface area contributed by atoms with Crippen molar-refractivity contribution in [2.45, 2.75) is 44.0 Å². The molecule has 1 aromatic rings. The number of likely N-dealkylation sites (N-methyl/N-ethyl adjacent to an activating group) is 1. The number of carbonyl (C=O) groups excluding carboxylic acids is 1. The van der Waals surface area contributed by atoms with Crippen LogP contribution in [0.25, 0.3) is 0 Å². The fraction of sp³-hybridized carbons (Fsp3) is 0.737. The summed E-state index contributed by atoms with van der Waals surface area (Å²) in [7, 11) is 3.49. The van der Waals surface area contributed by atoms with E-state index < -0.39 is 0 Å². The lowest BCUT2D eigenvalue weighted by Gasteiger charge is -2.38. The number of hydrogen-bond donors (Lipinski definition) is 1. The van der Waals surface area contributed by atoms with E-state index in [2.05, 4.69) is 10.2 Å². The molecule has 7 nitrogen and oxygen atoms in total. The molecule has 0 aliphatic carbocycles. The van der Waals surface area contributed by atoms with Crippen molar-refractivity contribution in [1.82, 2.24) is 15.1 Å². The summed E-state index contributed by atoms with van der Waals surface area (Å²) in [5.74, 6) is 1.01. The normalized spacial score (nSPS) is 25.3. The molecule has 3 heterocycles. The maximum atomic E-state index is 11.8. The van der Waals surface area contributed by atoms with Crippen LogP contribution in [-0.2, 0) is 20.8 Å². The smallest absolute Gasteiger partial charge is 0.248 e. The number of furan rings is 1. The Morgan fingerprint density at radius 3 is 2.85 bits per heavy atom. The molecule has 26 heavy (non-hydrogen) atoms. The third-order valence-corrected chi connectivity index (χ3v) is 5.22. The molecule has 0 unspecified atom stereocenters. The lowest BCUT2D eigenvalue weighted by molar-refractivity contribution is -0.140. The van der Waals surface area contributed by atoms with E-state index in [-0.39, 0.29) is 24.7 Å². The van der Waals surface area contributed by atoms with Gasteiger partial charge in [0.25, 0.3) is 0 Å². The minimum atomic E-state index is -0.0613. The molecule has 2 aliphatic rings. The highest BCUT2D eigenvalue weighted by Gasteiger charge is 2.30. The van der Waals surface area contributed by atoms with Gasteiger partial charge in [0.2, 0.25) is 5.91 Å². The largest absolute Gasteiger partial charge is 0.468 e. The van der Waals surface area contributed by atoms with Crippen LogP contribution in [0, 0.1) is 0 Å². The Bertz CT molecular complexity index is 541. The van der Waals surface area contributed by atoms with Gasteiger partial charge in [0.15, 0.2) is 0 Å². The van der Waals surface area contributed by atoms with E-state index in [0.29, 0.717) is 12.6 Å². The molecule has 0 saturated carbocycles. The molecular weight excluding hydrogens is 334 g/mol. The zero-order valence-electron chi connectivity index (χ0n) is 15.9. The Morgan fingerprint density at radius 2 is 2.15 bits per heavy atom. The van der Waals surface area contributed by atoms with E-state index in [9.17, 15) is 4.79 Å². The number of rotatable bonds is 7. The molecule has 0 spiro atoms. The summed E-state index contributed by atoms with van der Waals surface area (Å²) in [6, 6.07) is 4.71. The number of carbonyl (C=O) groups is 1. The first-order chi connectivity index (χ1) is 12.6. The third-order valence-electron chi connectivity index (χ3n) is 5.22. The summed E-state index contributed by atoms with van der Waals surface area (Å²) in [5, 5.41) is 3.76. The van der Waals surface area contributed by atoms with Crippen molar-refractivity contribution in [3.63, 3.8) is 0 Å². The lowest BCUT2D eigenvalue weighted by Crippen LogP contribution is -2.54. The number of nitrogens with zero attached hydrogens (tertiary/aromatic N) is 2. The summed E-state index contributed by atoms with van der Waals surface area (Å²) in [6.07, 6.45) is 4.82. The van der Waals surface area contributed by atoms with Crippen molar-refractivity contribution < 1.29 is 18.7 Å². The van der Waals surface area contributed by atoms with Gasteiger partial charge < -0.3 is 24.1 Å². The summed E-state index contributed by atoms with van der Waals surface area (Å²) in [5.41, 5.74) is 0. The summed E-state index contributed by atoms with van der Waals surface area (Å²) < 4.78 is 16.9. The number of amides is 1. The Labute approximate surface area is 155 Å². The molecule has 2 atom stereocenters. The number of piperidine rings is 1. The van der Waals surface area contributed by atoms with Gasteiger partial charge in [0, 0.05) is 45.9 Å². The molecule has 3 rings (SSSR count). The third kappa shape index (κ3) is 5.54. The monoisotopic (exact) mass is 365 g/mol. The van der Waals surface area contributed by atoms with Crippen molar-refractivity contribution in [2.24, 2.45) is 0 Å². The first-order valence-electron chi connectivity index (χ1n) is 9.52. The van der Waals surface area contributed by atoms with Crippen LogP contribution in [-0.4, -0.2) is 80.9 Å². The van der Waals surface area contributed by atoms with Crippen LogP contribution in [0.5, 0.6) is 0 Å². The molecule has 2 aliphatic heterocycles. The van der Waals surface area contributed by atoms with Crippen molar-refractivity contribution in [3.05, 3.63) is 24.2 Å². The predicted octanol–water partition coefficient (Wildman–Crippen LogP) is 1.10. The second kappa shape index (κ2) is 9.50. The maximum Gasteiger partial charge on any atom is 0.248 e. The summed E-state index contributed by atoms with van der Waals surface area (Å²) in [6.45, 7) is 4.42. The average molecular weight is 365 g/mol. The van der Waals surface area contributed by atoms with E-state index in [4.69, 9.17) is 13.9 Å². The highest BCUT2D eigenvalue weighted by molar-refractivity contribution is 5.76. The van der Waals surface area contributed by atoms with Crippen molar-refractivity contribution in [1.29, 1.82) is 0 Å². The Morgan fingerprint density at radius 1 is 1.35 bits per heavy atom. The quantitative estimate of drug-likeness (QED) is 0.780. The number of ether oxygens (including phenoxy) is 2. The van der Waals surface area contributed by atoms with Gasteiger partial charge in [-0.05, 0) is 31.4 Å². The van der Waals surface area contributed by atoms with Crippen LogP contribution in [0.1, 0.15) is 25.0 Å². The van der Waals surface area contributed by atoms with E-state index in [1.54, 1.807) is 25.3 Å². The predicted molar refractivity (Wildman–Crippen MR) is 97.8 cm³/mol. The van der Waals surface area contributed by atoms with Crippen LogP contribution < -0.4 is 5.32 Å². The topological polar surface area (TPSA) is 67.2 Å². The van der Waals surface area contributed by atoms with Gasteiger partial charge in [-0.25, -0.2) is 0 Å². The lowest BCUT2D eigenvalue weighted by atomic mass is 9.99. The number of nitrogens with one attached hydrogen (secondary N) is 1. The molecule has 2 fully saturated rings. The summed E-state index contributed by atoms with van der Waals surface area (Å²) >= 11 is 0. The van der Waals surface area contributed by atoms with Crippen molar-refractivity contribution in [3.8, 4) is 0 Å². The van der Waals surface area contributed by atoms with Gasteiger partial charge in [0.05, 0.1) is 25.5 Å². The molecular formula is C19H31N3O4. The second-order valence-corrected chi connectivity index (χ2v) is 7.40. The molecule has 0 bridgehead atoms. The van der Waals surface area contributed by atoms with Crippen LogP contribution >= 0.6 is 0 Å². The molecule has 2 saturated heterocycles. The SMILES string of the molecule is CN(C)C(=O)CO[C@@H]1COCC[C@H]1NC1CCN(Cc2ccco2)CC1. The second-order valence-electron chi connectivity index (χ2n) is 7.40. The fourth-order valence-electron chi connectivity index (χ4n) is 3.56. The van der Waals surface area contributed by atoms with Gasteiger partial charge in [-0.15, -0.1) is 0 Å². The number of hydrogen-bond acceptors (Lipinski definition) is 6. The molecule has 146 valence electrons. The Balaban J connectivity index is 1.42. The molecule has 7 heteroatoms. The van der Waals surface area contributed by atoms with Gasteiger partial charge in [0.1, 0.15) is 12.4 Å². The van der Waals surface area contributed by atoms with Crippen molar-refractivity contribution in [2.75, 3.05) is 47.0 Å². The van der Waals surface area contributed by atoms with Crippen LogP contribution in [0.15, 0.2) is 22.8 Å². The molecule has 1 amide bonds. The van der Waals surface area contributed by atoms with Gasteiger partial charge >= 0.3 is 0 Å². The van der Waals surface area contributed by atoms with E-state index >= 15 is 0 Å². The zero-order valence-corrected chi connectivity index (χ0v) is 15.9. The van der Waals surface area contributed by atoms with Crippen molar-refractivity contribution >= 4 is 5.91 Å². The Hall–Kier alpha value is -1.41. The first-order valence-corrected chi connectivity index (χ1v) is 9.52. The standard InChI is InChI=1S/C19H31N3O4/c1-21(2)19(23)14-26-18-13-24-11-7-17(18)20-15-5-8-22(9-6-15)12-16-4-3-10-25-16/h3-4,10,15,17-18,20H,5-9,11-14H2,1-2H3/t17-,18-/m1/s1.